The van der Waals surface area contributed by atoms with E-state index in [0.717, 1.165) is 5.56 Å². The molecule has 0 aliphatic rings. The SMILES string of the molecule is C/C(=N\NC(=O)c1ccccc1Cl)c1ccc(NC(=O)c2ccc(Cl)cc2Cl)cc1. The van der Waals surface area contributed by atoms with E-state index in [4.69, 9.17) is 34.8 Å². The van der Waals surface area contributed by atoms with Gasteiger partial charge in [0.05, 0.1) is 26.9 Å². The van der Waals surface area contributed by atoms with Gasteiger partial charge < -0.3 is 5.32 Å². The van der Waals surface area contributed by atoms with Crippen molar-refractivity contribution < 1.29 is 9.59 Å². The van der Waals surface area contributed by atoms with Crippen molar-refractivity contribution in [3.63, 3.8) is 0 Å². The lowest BCUT2D eigenvalue weighted by Crippen LogP contribution is -2.19. The van der Waals surface area contributed by atoms with Gasteiger partial charge in [0.1, 0.15) is 0 Å². The van der Waals surface area contributed by atoms with Crippen LogP contribution in [0.15, 0.2) is 71.8 Å². The molecule has 2 amide bonds. The number of hydrazone groups is 1. The van der Waals surface area contributed by atoms with Crippen molar-refractivity contribution in [1.29, 1.82) is 0 Å². The predicted octanol–water partition coefficient (Wildman–Crippen LogP) is 6.05. The molecule has 3 aromatic carbocycles. The van der Waals surface area contributed by atoms with E-state index in [0.29, 0.717) is 32.6 Å². The molecule has 0 heterocycles. The Kier molecular flexibility index (Phi) is 7.11. The summed E-state index contributed by atoms with van der Waals surface area (Å²) in [6, 6.07) is 18.4. The normalized spacial score (nSPS) is 11.1. The van der Waals surface area contributed by atoms with Gasteiger partial charge in [0.2, 0.25) is 0 Å². The molecule has 0 fully saturated rings. The summed E-state index contributed by atoms with van der Waals surface area (Å²) in [7, 11) is 0. The monoisotopic (exact) mass is 459 g/mol. The van der Waals surface area contributed by atoms with E-state index < -0.39 is 5.91 Å². The highest BCUT2D eigenvalue weighted by molar-refractivity contribution is 6.37. The molecule has 2 N–H and O–H groups in total. The molecule has 0 atom stereocenters. The lowest BCUT2D eigenvalue weighted by molar-refractivity contribution is 0.0954. The van der Waals surface area contributed by atoms with Gasteiger partial charge in [-0.3, -0.25) is 9.59 Å². The first-order valence-corrected chi connectivity index (χ1v) is 9.94. The van der Waals surface area contributed by atoms with Gasteiger partial charge in [-0.2, -0.15) is 5.10 Å². The van der Waals surface area contributed by atoms with E-state index >= 15 is 0 Å². The first kappa shape index (κ1) is 21.8. The van der Waals surface area contributed by atoms with Crippen LogP contribution >= 0.6 is 34.8 Å². The Balaban J connectivity index is 1.66. The van der Waals surface area contributed by atoms with E-state index in [9.17, 15) is 9.59 Å². The highest BCUT2D eigenvalue weighted by Crippen LogP contribution is 2.22. The van der Waals surface area contributed by atoms with Gasteiger partial charge in [-0.1, -0.05) is 59.1 Å². The minimum Gasteiger partial charge on any atom is -0.322 e. The number of amides is 2. The van der Waals surface area contributed by atoms with Crippen molar-refractivity contribution in [3.05, 3.63) is 98.5 Å². The Morgan fingerprint density at radius 1 is 0.800 bits per heavy atom. The van der Waals surface area contributed by atoms with Gasteiger partial charge in [0.15, 0.2) is 0 Å². The molecule has 152 valence electrons. The van der Waals surface area contributed by atoms with Gasteiger partial charge in [-0.25, -0.2) is 5.43 Å². The second-order valence-electron chi connectivity index (χ2n) is 6.27. The fraction of sp³-hybridized carbons (Fsp3) is 0.0455. The first-order valence-electron chi connectivity index (χ1n) is 8.81. The van der Waals surface area contributed by atoms with Crippen LogP contribution in [0.2, 0.25) is 15.1 Å². The molecule has 5 nitrogen and oxygen atoms in total. The number of nitrogens with one attached hydrogen (secondary N) is 2. The molecule has 8 heteroatoms. The third-order valence-corrected chi connectivity index (χ3v) is 5.06. The summed E-state index contributed by atoms with van der Waals surface area (Å²) in [5, 5.41) is 7.96. The quantitative estimate of drug-likeness (QED) is 0.359. The number of benzene rings is 3. The topological polar surface area (TPSA) is 70.6 Å². The molecule has 0 saturated carbocycles. The summed E-state index contributed by atoms with van der Waals surface area (Å²) >= 11 is 17.9. The van der Waals surface area contributed by atoms with Crippen LogP contribution in [0, 0.1) is 0 Å². The Morgan fingerprint density at radius 3 is 2.13 bits per heavy atom. The van der Waals surface area contributed by atoms with Gasteiger partial charge in [0.25, 0.3) is 11.8 Å². The summed E-state index contributed by atoms with van der Waals surface area (Å²) in [4.78, 5) is 24.6. The highest BCUT2D eigenvalue weighted by atomic mass is 35.5. The van der Waals surface area contributed by atoms with Gasteiger partial charge in [0, 0.05) is 10.7 Å². The molecule has 30 heavy (non-hydrogen) atoms. The maximum atomic E-state index is 12.4. The van der Waals surface area contributed by atoms with E-state index in [1.54, 1.807) is 67.6 Å². The third kappa shape index (κ3) is 5.39. The molecule has 0 unspecified atom stereocenters. The molecule has 3 rings (SSSR count). The van der Waals surface area contributed by atoms with Crippen LogP contribution in [0.25, 0.3) is 0 Å². The van der Waals surface area contributed by atoms with Crippen molar-refractivity contribution in [2.24, 2.45) is 5.10 Å². The van der Waals surface area contributed by atoms with Crippen LogP contribution in [0.5, 0.6) is 0 Å². The smallest absolute Gasteiger partial charge is 0.272 e. The Bertz CT molecular complexity index is 1130. The standard InChI is InChI=1S/C22H16Cl3N3O2/c1-13(27-28-22(30)17-4-2-3-5-19(17)24)14-6-9-16(10-7-14)26-21(29)18-11-8-15(23)12-20(18)25/h2-12H,1H3,(H,26,29)(H,28,30)/b27-13+. The molecule has 0 aliphatic carbocycles. The van der Waals surface area contributed by atoms with Gasteiger partial charge in [-0.15, -0.1) is 0 Å². The predicted molar refractivity (Wildman–Crippen MR) is 122 cm³/mol. The summed E-state index contributed by atoms with van der Waals surface area (Å²) < 4.78 is 0. The molecule has 0 bridgehead atoms. The zero-order valence-electron chi connectivity index (χ0n) is 15.7. The minimum absolute atomic E-state index is 0.272. The van der Waals surface area contributed by atoms with Crippen LogP contribution in [-0.2, 0) is 0 Å². The van der Waals surface area contributed by atoms with Gasteiger partial charge in [-0.05, 0) is 55.0 Å². The average Bonchev–Trinajstić information content (AvgIpc) is 2.72. The largest absolute Gasteiger partial charge is 0.322 e. The van der Waals surface area contributed by atoms with Crippen molar-refractivity contribution in [1.82, 2.24) is 5.43 Å². The zero-order valence-corrected chi connectivity index (χ0v) is 18.0. The van der Waals surface area contributed by atoms with E-state index in [2.05, 4.69) is 15.8 Å². The molecule has 0 aromatic heterocycles. The highest BCUT2D eigenvalue weighted by Gasteiger charge is 2.12. The number of hydrogen-bond donors (Lipinski definition) is 2. The van der Waals surface area contributed by atoms with Crippen LogP contribution in [-0.4, -0.2) is 17.5 Å². The van der Waals surface area contributed by atoms with Crippen LogP contribution in [0.3, 0.4) is 0 Å². The van der Waals surface area contributed by atoms with Crippen molar-refractivity contribution >= 4 is 58.0 Å². The number of rotatable bonds is 5. The maximum Gasteiger partial charge on any atom is 0.272 e. The van der Waals surface area contributed by atoms with Crippen LogP contribution < -0.4 is 10.7 Å². The molecule has 0 saturated heterocycles. The molecule has 3 aromatic rings. The Hall–Kier alpha value is -2.86. The lowest BCUT2D eigenvalue weighted by atomic mass is 10.1. The van der Waals surface area contributed by atoms with Crippen molar-refractivity contribution in [3.8, 4) is 0 Å². The van der Waals surface area contributed by atoms with E-state index in [-0.39, 0.29) is 10.9 Å². The number of halogens is 3. The van der Waals surface area contributed by atoms with Crippen molar-refractivity contribution in [2.45, 2.75) is 6.92 Å². The summed E-state index contributed by atoms with van der Waals surface area (Å²) in [5.74, 6) is -0.745. The molecular formula is C22H16Cl3N3O2. The third-order valence-electron chi connectivity index (χ3n) is 4.18. The fourth-order valence-corrected chi connectivity index (χ4v) is 3.29. The second-order valence-corrected chi connectivity index (χ2v) is 7.52. The molecule has 0 radical (unpaired) electrons. The number of carbonyl (C=O) groups excluding carboxylic acids is 2. The average molecular weight is 461 g/mol. The Labute approximate surface area is 188 Å². The van der Waals surface area contributed by atoms with E-state index in [1.807, 2.05) is 0 Å². The summed E-state index contributed by atoms with van der Waals surface area (Å²) in [5.41, 5.74) is 5.11. The molecule has 0 aliphatic heterocycles. The Morgan fingerprint density at radius 2 is 1.47 bits per heavy atom. The van der Waals surface area contributed by atoms with E-state index in [1.165, 1.54) is 6.07 Å². The minimum atomic E-state index is -0.399. The number of nitrogens with zero attached hydrogens (tertiary/aromatic N) is 1. The lowest BCUT2D eigenvalue weighted by Gasteiger charge is -2.08. The van der Waals surface area contributed by atoms with Gasteiger partial charge >= 0.3 is 0 Å². The zero-order chi connectivity index (χ0) is 21.7. The second kappa shape index (κ2) is 9.76. The van der Waals surface area contributed by atoms with Crippen molar-refractivity contribution in [2.75, 3.05) is 5.32 Å². The number of hydrogen-bond acceptors (Lipinski definition) is 3. The van der Waals surface area contributed by atoms with Crippen LogP contribution in [0.4, 0.5) is 5.69 Å². The fourth-order valence-electron chi connectivity index (χ4n) is 2.57. The first-order chi connectivity index (χ1) is 14.3. The molecule has 0 spiro atoms. The maximum absolute atomic E-state index is 12.4. The number of anilines is 1. The summed E-state index contributed by atoms with van der Waals surface area (Å²) in [6.45, 7) is 1.76. The van der Waals surface area contributed by atoms with Crippen LogP contribution in [0.1, 0.15) is 33.2 Å². The molecular weight excluding hydrogens is 445 g/mol. The summed E-state index contributed by atoms with van der Waals surface area (Å²) in [6.07, 6.45) is 0. The number of carbonyl (C=O) groups is 2.